The van der Waals surface area contributed by atoms with Gasteiger partial charge in [-0.3, -0.25) is 4.79 Å². The Morgan fingerprint density at radius 1 is 1.18 bits per heavy atom. The molecule has 3 rings (SSSR count). The Morgan fingerprint density at radius 2 is 1.91 bits per heavy atom. The molecule has 118 valence electrons. The minimum atomic E-state index is 0. The van der Waals surface area contributed by atoms with E-state index in [0.29, 0.717) is 0 Å². The second-order valence-electron chi connectivity index (χ2n) is 6.07. The van der Waals surface area contributed by atoms with E-state index < -0.39 is 0 Å². The van der Waals surface area contributed by atoms with Crippen molar-refractivity contribution in [2.24, 2.45) is 11.7 Å². The predicted molar refractivity (Wildman–Crippen MR) is 93.1 cm³/mol. The van der Waals surface area contributed by atoms with Gasteiger partial charge >= 0.3 is 0 Å². The lowest BCUT2D eigenvalue weighted by Crippen LogP contribution is -2.32. The smallest absolute Gasteiger partial charge is 0.223 e. The van der Waals surface area contributed by atoms with Crippen LogP contribution in [0.15, 0.2) is 42.5 Å². The van der Waals surface area contributed by atoms with E-state index in [0.717, 1.165) is 19.3 Å². The molecule has 22 heavy (non-hydrogen) atoms. The van der Waals surface area contributed by atoms with Crippen LogP contribution in [0.5, 0.6) is 0 Å². The van der Waals surface area contributed by atoms with Gasteiger partial charge in [0.05, 0.1) is 6.04 Å². The van der Waals surface area contributed by atoms with Gasteiger partial charge in [-0.25, -0.2) is 0 Å². The van der Waals surface area contributed by atoms with Gasteiger partial charge in [0, 0.05) is 12.0 Å². The van der Waals surface area contributed by atoms with Gasteiger partial charge < -0.3 is 11.1 Å². The number of carbonyl (C=O) groups excluding carboxylic acids is 1. The van der Waals surface area contributed by atoms with Gasteiger partial charge in [-0.1, -0.05) is 42.5 Å². The molecular weight excluding hydrogens is 296 g/mol. The summed E-state index contributed by atoms with van der Waals surface area (Å²) in [5.74, 6) is 0.223. The number of halogens is 1. The van der Waals surface area contributed by atoms with Gasteiger partial charge in [0.15, 0.2) is 0 Å². The quantitative estimate of drug-likeness (QED) is 0.909. The predicted octanol–water partition coefficient (Wildman–Crippen LogP) is 3.57. The van der Waals surface area contributed by atoms with Crippen molar-refractivity contribution >= 4 is 29.1 Å². The van der Waals surface area contributed by atoms with Crippen molar-refractivity contribution < 1.29 is 4.79 Å². The Labute approximate surface area is 137 Å². The Balaban J connectivity index is 0.00000176. The summed E-state index contributed by atoms with van der Waals surface area (Å²) in [5.41, 5.74) is 7.07. The summed E-state index contributed by atoms with van der Waals surface area (Å²) >= 11 is 0. The number of benzene rings is 2. The molecule has 1 aliphatic carbocycles. The van der Waals surface area contributed by atoms with E-state index in [2.05, 4.69) is 36.5 Å². The Hall–Kier alpha value is -1.58. The summed E-state index contributed by atoms with van der Waals surface area (Å²) in [6.07, 6.45) is 2.68. The molecule has 2 aromatic carbocycles. The van der Waals surface area contributed by atoms with E-state index in [1.807, 2.05) is 18.2 Å². The lowest BCUT2D eigenvalue weighted by molar-refractivity contribution is -0.125. The second-order valence-corrected chi connectivity index (χ2v) is 6.07. The molecule has 3 unspecified atom stereocenters. The van der Waals surface area contributed by atoms with Crippen LogP contribution >= 0.6 is 12.4 Å². The lowest BCUT2D eigenvalue weighted by atomic mass is 9.98. The highest BCUT2D eigenvalue weighted by Gasteiger charge is 2.28. The standard InChI is InChI=1S/C18H22N2O.ClH/c1-12(20-18(21)14-9-10-15(19)11-14)16-8-4-6-13-5-2-3-7-17(13)16;/h2-8,12,14-15H,9-11,19H2,1H3,(H,20,21);1H. The topological polar surface area (TPSA) is 55.1 Å². The Morgan fingerprint density at radius 3 is 2.64 bits per heavy atom. The second kappa shape index (κ2) is 7.12. The first-order valence-corrected chi connectivity index (χ1v) is 7.69. The van der Waals surface area contributed by atoms with Crippen LogP contribution in [0.2, 0.25) is 0 Å². The molecule has 3 atom stereocenters. The summed E-state index contributed by atoms with van der Waals surface area (Å²) in [4.78, 5) is 12.3. The fraction of sp³-hybridized carbons (Fsp3) is 0.389. The summed E-state index contributed by atoms with van der Waals surface area (Å²) in [6.45, 7) is 2.05. The number of nitrogens with one attached hydrogen (secondary N) is 1. The minimum Gasteiger partial charge on any atom is -0.349 e. The van der Waals surface area contributed by atoms with Gasteiger partial charge in [0.25, 0.3) is 0 Å². The van der Waals surface area contributed by atoms with E-state index in [1.54, 1.807) is 0 Å². The third-order valence-electron chi connectivity index (χ3n) is 4.49. The SMILES string of the molecule is CC(NC(=O)C1CCC(N)C1)c1cccc2ccccc12.Cl. The van der Waals surface area contributed by atoms with Gasteiger partial charge in [-0.05, 0) is 42.5 Å². The van der Waals surface area contributed by atoms with Crippen molar-refractivity contribution in [2.45, 2.75) is 38.3 Å². The largest absolute Gasteiger partial charge is 0.349 e. The number of nitrogens with two attached hydrogens (primary N) is 1. The van der Waals surface area contributed by atoms with Crippen LogP contribution in [0.3, 0.4) is 0 Å². The molecular formula is C18H23ClN2O. The van der Waals surface area contributed by atoms with Crippen LogP contribution in [0.4, 0.5) is 0 Å². The molecule has 2 aromatic rings. The summed E-state index contributed by atoms with van der Waals surface area (Å²) in [6, 6.07) is 14.7. The number of hydrogen-bond donors (Lipinski definition) is 2. The molecule has 0 saturated heterocycles. The number of fused-ring (bicyclic) bond motifs is 1. The van der Waals surface area contributed by atoms with Crippen LogP contribution in [-0.4, -0.2) is 11.9 Å². The normalized spacial score (nSPS) is 22.1. The van der Waals surface area contributed by atoms with Crippen molar-refractivity contribution in [1.82, 2.24) is 5.32 Å². The van der Waals surface area contributed by atoms with Crippen molar-refractivity contribution in [3.63, 3.8) is 0 Å². The van der Waals surface area contributed by atoms with E-state index >= 15 is 0 Å². The summed E-state index contributed by atoms with van der Waals surface area (Å²) < 4.78 is 0. The van der Waals surface area contributed by atoms with Gasteiger partial charge in [0.1, 0.15) is 0 Å². The monoisotopic (exact) mass is 318 g/mol. The van der Waals surface area contributed by atoms with Crippen molar-refractivity contribution in [2.75, 3.05) is 0 Å². The maximum atomic E-state index is 12.3. The zero-order valence-corrected chi connectivity index (χ0v) is 13.6. The molecule has 0 spiro atoms. The molecule has 4 heteroatoms. The molecule has 0 heterocycles. The van der Waals surface area contributed by atoms with Crippen molar-refractivity contribution in [3.8, 4) is 0 Å². The molecule has 3 N–H and O–H groups in total. The molecule has 1 amide bonds. The number of carbonyl (C=O) groups is 1. The third-order valence-corrected chi connectivity index (χ3v) is 4.49. The lowest BCUT2D eigenvalue weighted by Gasteiger charge is -2.19. The molecule has 0 aromatic heterocycles. The van der Waals surface area contributed by atoms with E-state index in [-0.39, 0.29) is 36.3 Å². The number of amides is 1. The molecule has 3 nitrogen and oxygen atoms in total. The highest BCUT2D eigenvalue weighted by Crippen LogP contribution is 2.27. The number of rotatable bonds is 3. The highest BCUT2D eigenvalue weighted by atomic mass is 35.5. The maximum Gasteiger partial charge on any atom is 0.223 e. The average molecular weight is 319 g/mol. The zero-order chi connectivity index (χ0) is 14.8. The molecule has 1 saturated carbocycles. The molecule has 1 aliphatic rings. The first-order chi connectivity index (χ1) is 10.1. The van der Waals surface area contributed by atoms with Crippen LogP contribution in [-0.2, 0) is 4.79 Å². The van der Waals surface area contributed by atoms with Gasteiger partial charge in [-0.15, -0.1) is 12.4 Å². The summed E-state index contributed by atoms with van der Waals surface area (Å²) in [7, 11) is 0. The molecule has 0 radical (unpaired) electrons. The number of hydrogen-bond acceptors (Lipinski definition) is 2. The third kappa shape index (κ3) is 3.42. The zero-order valence-electron chi connectivity index (χ0n) is 12.8. The van der Waals surface area contributed by atoms with Crippen LogP contribution in [0.25, 0.3) is 10.8 Å². The first kappa shape index (κ1) is 16.8. The highest BCUT2D eigenvalue weighted by molar-refractivity contribution is 5.87. The van der Waals surface area contributed by atoms with Crippen LogP contribution in [0, 0.1) is 5.92 Å². The first-order valence-electron chi connectivity index (χ1n) is 7.69. The van der Waals surface area contributed by atoms with Gasteiger partial charge in [-0.2, -0.15) is 0 Å². The fourth-order valence-electron chi connectivity index (χ4n) is 3.29. The van der Waals surface area contributed by atoms with E-state index in [9.17, 15) is 4.79 Å². The Kier molecular flexibility index (Phi) is 5.43. The van der Waals surface area contributed by atoms with Crippen LogP contribution < -0.4 is 11.1 Å². The van der Waals surface area contributed by atoms with Crippen LogP contribution in [0.1, 0.15) is 37.8 Å². The van der Waals surface area contributed by atoms with E-state index in [1.165, 1.54) is 16.3 Å². The fourth-order valence-corrected chi connectivity index (χ4v) is 3.29. The van der Waals surface area contributed by atoms with Crippen molar-refractivity contribution in [3.05, 3.63) is 48.0 Å². The molecule has 0 aliphatic heterocycles. The van der Waals surface area contributed by atoms with E-state index in [4.69, 9.17) is 5.73 Å². The molecule has 1 fully saturated rings. The van der Waals surface area contributed by atoms with Gasteiger partial charge in [0.2, 0.25) is 5.91 Å². The Bertz CT molecular complexity index is 653. The van der Waals surface area contributed by atoms with Crippen molar-refractivity contribution in [1.29, 1.82) is 0 Å². The molecule has 0 bridgehead atoms. The minimum absolute atomic E-state index is 0. The summed E-state index contributed by atoms with van der Waals surface area (Å²) in [5, 5.41) is 5.57. The maximum absolute atomic E-state index is 12.3. The average Bonchev–Trinajstić information content (AvgIpc) is 2.93.